The first-order chi connectivity index (χ1) is 10.2. The highest BCUT2D eigenvalue weighted by Crippen LogP contribution is 2.35. The molecule has 106 valence electrons. The van der Waals surface area contributed by atoms with Crippen molar-refractivity contribution in [2.75, 3.05) is 13.6 Å². The number of hydrogen-bond acceptors (Lipinski definition) is 3. The van der Waals surface area contributed by atoms with Crippen LogP contribution in [-0.2, 0) is 6.54 Å². The van der Waals surface area contributed by atoms with Gasteiger partial charge in [0.25, 0.3) is 0 Å². The maximum Gasteiger partial charge on any atom is 0.0907 e. The molecule has 1 atom stereocenters. The summed E-state index contributed by atoms with van der Waals surface area (Å²) >= 11 is 1.79. The van der Waals surface area contributed by atoms with Gasteiger partial charge >= 0.3 is 0 Å². The monoisotopic (exact) mass is 294 g/mol. The van der Waals surface area contributed by atoms with Gasteiger partial charge in [0.15, 0.2) is 0 Å². The number of aryl methyl sites for hydroxylation is 1. The fourth-order valence-electron chi connectivity index (χ4n) is 3.34. The first kappa shape index (κ1) is 13.0. The van der Waals surface area contributed by atoms with Crippen molar-refractivity contribution in [3.8, 4) is 0 Å². The summed E-state index contributed by atoms with van der Waals surface area (Å²) in [6.07, 6.45) is 0. The normalized spacial score (nSPS) is 18.9. The van der Waals surface area contributed by atoms with Crippen LogP contribution in [0.3, 0.4) is 0 Å². The van der Waals surface area contributed by atoms with Crippen molar-refractivity contribution in [3.05, 3.63) is 64.2 Å². The van der Waals surface area contributed by atoms with Crippen LogP contribution in [0.4, 0.5) is 0 Å². The lowest BCUT2D eigenvalue weighted by Gasteiger charge is -2.32. The predicted molar refractivity (Wildman–Crippen MR) is 89.0 cm³/mol. The van der Waals surface area contributed by atoms with E-state index < -0.39 is 0 Å². The molecule has 21 heavy (non-hydrogen) atoms. The van der Waals surface area contributed by atoms with Crippen molar-refractivity contribution in [1.29, 1.82) is 0 Å². The van der Waals surface area contributed by atoms with Crippen molar-refractivity contribution in [2.45, 2.75) is 19.4 Å². The Hall–Kier alpha value is -1.71. The highest BCUT2D eigenvalue weighted by atomic mass is 32.1. The molecule has 0 spiro atoms. The van der Waals surface area contributed by atoms with Crippen LogP contribution in [0.5, 0.6) is 0 Å². The Balaban J connectivity index is 1.84. The average molecular weight is 294 g/mol. The largest absolute Gasteiger partial charge is 0.301 e. The van der Waals surface area contributed by atoms with Gasteiger partial charge in [-0.15, -0.1) is 11.3 Å². The number of rotatable bonds is 1. The van der Waals surface area contributed by atoms with Gasteiger partial charge < -0.3 is 4.90 Å². The number of benzene rings is 2. The second-order valence-corrected chi connectivity index (χ2v) is 7.14. The lowest BCUT2D eigenvalue weighted by atomic mass is 9.85. The number of aromatic nitrogens is 1. The van der Waals surface area contributed by atoms with Gasteiger partial charge in [0.05, 0.1) is 15.2 Å². The third-order valence-electron chi connectivity index (χ3n) is 4.29. The zero-order chi connectivity index (χ0) is 14.4. The Kier molecular flexibility index (Phi) is 3.05. The molecule has 0 fully saturated rings. The van der Waals surface area contributed by atoms with Crippen LogP contribution in [0.1, 0.15) is 27.6 Å². The zero-order valence-electron chi connectivity index (χ0n) is 12.3. The molecule has 1 aliphatic heterocycles. The Bertz CT molecular complexity index is 806. The molecule has 0 radical (unpaired) electrons. The molecular weight excluding hydrogens is 276 g/mol. The maximum atomic E-state index is 4.57. The van der Waals surface area contributed by atoms with Gasteiger partial charge in [-0.05, 0) is 42.8 Å². The van der Waals surface area contributed by atoms with E-state index in [1.165, 1.54) is 21.4 Å². The van der Waals surface area contributed by atoms with Crippen LogP contribution in [-0.4, -0.2) is 23.5 Å². The second-order valence-electron chi connectivity index (χ2n) is 5.91. The van der Waals surface area contributed by atoms with Crippen molar-refractivity contribution in [3.63, 3.8) is 0 Å². The maximum absolute atomic E-state index is 4.57. The van der Waals surface area contributed by atoms with E-state index >= 15 is 0 Å². The Labute approximate surface area is 129 Å². The lowest BCUT2D eigenvalue weighted by molar-refractivity contribution is 0.295. The van der Waals surface area contributed by atoms with Crippen LogP contribution in [0, 0.1) is 6.92 Å². The standard InChI is InChI=1S/C18H18N2S/c1-12-19-17-8-7-13(9-18(17)21-12)16-11-20(2)10-14-5-3-4-6-15(14)16/h3-9,16H,10-11H2,1-2H3. The summed E-state index contributed by atoms with van der Waals surface area (Å²) in [6.45, 7) is 4.21. The molecule has 0 aliphatic carbocycles. The number of fused-ring (bicyclic) bond motifs is 2. The molecule has 0 bridgehead atoms. The Morgan fingerprint density at radius 2 is 2.05 bits per heavy atom. The highest BCUT2D eigenvalue weighted by molar-refractivity contribution is 7.18. The molecule has 0 saturated carbocycles. The van der Waals surface area contributed by atoms with Gasteiger partial charge in [-0.2, -0.15) is 0 Å². The summed E-state index contributed by atoms with van der Waals surface area (Å²) in [6, 6.07) is 15.6. The Morgan fingerprint density at radius 3 is 2.95 bits per heavy atom. The van der Waals surface area contributed by atoms with Gasteiger partial charge in [0.1, 0.15) is 0 Å². The molecule has 0 N–H and O–H groups in total. The van der Waals surface area contributed by atoms with Crippen molar-refractivity contribution >= 4 is 21.6 Å². The van der Waals surface area contributed by atoms with Gasteiger partial charge in [0.2, 0.25) is 0 Å². The smallest absolute Gasteiger partial charge is 0.0907 e. The topological polar surface area (TPSA) is 16.1 Å². The molecule has 4 rings (SSSR count). The second kappa shape index (κ2) is 4.93. The van der Waals surface area contributed by atoms with E-state index in [1.54, 1.807) is 11.3 Å². The summed E-state index contributed by atoms with van der Waals surface area (Å²) in [5.74, 6) is 0.465. The number of thiazole rings is 1. The van der Waals surface area contributed by atoms with E-state index in [0.29, 0.717) is 5.92 Å². The Morgan fingerprint density at radius 1 is 1.19 bits per heavy atom. The minimum atomic E-state index is 0.465. The minimum absolute atomic E-state index is 0.465. The molecule has 0 saturated heterocycles. The van der Waals surface area contributed by atoms with Crippen LogP contribution >= 0.6 is 11.3 Å². The van der Waals surface area contributed by atoms with Crippen LogP contribution in [0.25, 0.3) is 10.2 Å². The summed E-state index contributed by atoms with van der Waals surface area (Å²) in [5, 5.41) is 1.14. The van der Waals surface area contributed by atoms with Gasteiger partial charge in [-0.3, -0.25) is 0 Å². The highest BCUT2D eigenvalue weighted by Gasteiger charge is 2.24. The number of nitrogens with zero attached hydrogens (tertiary/aromatic N) is 2. The van der Waals surface area contributed by atoms with Crippen LogP contribution in [0.15, 0.2) is 42.5 Å². The van der Waals surface area contributed by atoms with E-state index in [-0.39, 0.29) is 0 Å². The van der Waals surface area contributed by atoms with Gasteiger partial charge in [-0.25, -0.2) is 4.98 Å². The SMILES string of the molecule is Cc1nc2ccc(C3CN(C)Cc4ccccc43)cc2s1. The first-order valence-corrected chi connectivity index (χ1v) is 8.16. The molecule has 1 aliphatic rings. The van der Waals surface area contributed by atoms with E-state index in [9.17, 15) is 0 Å². The average Bonchev–Trinajstić information content (AvgIpc) is 2.85. The summed E-state index contributed by atoms with van der Waals surface area (Å²) in [7, 11) is 2.21. The molecular formula is C18H18N2S. The molecule has 2 aromatic carbocycles. The van der Waals surface area contributed by atoms with Crippen LogP contribution < -0.4 is 0 Å². The third-order valence-corrected chi connectivity index (χ3v) is 5.22. The zero-order valence-corrected chi connectivity index (χ0v) is 13.2. The fraction of sp³-hybridized carbons (Fsp3) is 0.278. The molecule has 2 heterocycles. The summed E-state index contributed by atoms with van der Waals surface area (Å²) < 4.78 is 1.30. The van der Waals surface area contributed by atoms with Crippen molar-refractivity contribution < 1.29 is 0 Å². The summed E-state index contributed by atoms with van der Waals surface area (Å²) in [5.41, 5.74) is 5.47. The van der Waals surface area contributed by atoms with E-state index in [1.807, 2.05) is 0 Å². The number of hydrogen-bond donors (Lipinski definition) is 0. The molecule has 0 amide bonds. The fourth-order valence-corrected chi connectivity index (χ4v) is 4.22. The molecule has 2 nitrogen and oxygen atoms in total. The number of likely N-dealkylation sites (N-methyl/N-ethyl adjacent to an activating group) is 1. The van der Waals surface area contributed by atoms with Gasteiger partial charge in [-0.1, -0.05) is 30.3 Å². The van der Waals surface area contributed by atoms with E-state index in [4.69, 9.17) is 0 Å². The van der Waals surface area contributed by atoms with Gasteiger partial charge in [0, 0.05) is 19.0 Å². The van der Waals surface area contributed by atoms with Crippen molar-refractivity contribution in [1.82, 2.24) is 9.88 Å². The predicted octanol–water partition coefficient (Wildman–Crippen LogP) is 4.18. The molecule has 3 heteroatoms. The summed E-state index contributed by atoms with van der Waals surface area (Å²) in [4.78, 5) is 6.98. The molecule has 1 aromatic heterocycles. The molecule has 3 aromatic rings. The molecule has 1 unspecified atom stereocenters. The van der Waals surface area contributed by atoms with E-state index in [0.717, 1.165) is 23.6 Å². The van der Waals surface area contributed by atoms with E-state index in [2.05, 4.69) is 66.3 Å². The third kappa shape index (κ3) is 2.27. The van der Waals surface area contributed by atoms with Crippen molar-refractivity contribution in [2.24, 2.45) is 0 Å². The minimum Gasteiger partial charge on any atom is -0.301 e. The quantitative estimate of drug-likeness (QED) is 0.669. The lowest BCUT2D eigenvalue weighted by Crippen LogP contribution is -2.30. The van der Waals surface area contributed by atoms with Crippen LogP contribution in [0.2, 0.25) is 0 Å². The first-order valence-electron chi connectivity index (χ1n) is 7.34.